The number of likely N-dealkylation sites (tertiary alicyclic amines) is 1. The molecule has 1 aliphatic rings. The molecule has 0 spiro atoms. The number of hydrogen-bond acceptors (Lipinski definition) is 3. The number of para-hydroxylation sites is 1. The second-order valence-corrected chi connectivity index (χ2v) is 5.05. The number of nitrogens with one attached hydrogen (secondary N) is 1. The highest BCUT2D eigenvalue weighted by Crippen LogP contribution is 2.23. The van der Waals surface area contributed by atoms with Crippen LogP contribution in [0.25, 0.3) is 0 Å². The lowest BCUT2D eigenvalue weighted by Crippen LogP contribution is -2.57. The molecule has 9 heteroatoms. The number of ether oxygens (including phenoxy) is 1. The highest BCUT2D eigenvalue weighted by Gasteiger charge is 2.45. The Bertz CT molecular complexity index is 570. The molecule has 126 valence electrons. The molecule has 23 heavy (non-hydrogen) atoms. The second kappa shape index (κ2) is 6.76. The molecule has 1 heterocycles. The lowest BCUT2D eigenvalue weighted by Gasteiger charge is -2.33. The van der Waals surface area contributed by atoms with Crippen molar-refractivity contribution in [2.24, 2.45) is 0 Å². The molecule has 6 nitrogen and oxygen atoms in total. The van der Waals surface area contributed by atoms with Crippen LogP contribution in [0.5, 0.6) is 5.75 Å². The summed E-state index contributed by atoms with van der Waals surface area (Å²) in [6.07, 6.45) is -7.32. The smallest absolute Gasteiger partial charge is 0.465 e. The Morgan fingerprint density at radius 2 is 1.96 bits per heavy atom. The number of carbonyl (C=O) groups is 2. The standard InChI is InChI=1S/C14H15F3N2O4/c15-10-8-19(13(21)22)7-6-11(10)18-12(20)14(16,17)23-9-4-2-1-3-5-9/h1-5,10-11H,6-8H2,(H,18,20)(H,21,22)/t10-,11-/m0/s1. The topological polar surface area (TPSA) is 78.9 Å². The van der Waals surface area contributed by atoms with Crippen LogP contribution in [0.3, 0.4) is 0 Å². The summed E-state index contributed by atoms with van der Waals surface area (Å²) in [5, 5.41) is 10.6. The van der Waals surface area contributed by atoms with Crippen molar-refractivity contribution in [3.63, 3.8) is 0 Å². The van der Waals surface area contributed by atoms with Gasteiger partial charge in [0.15, 0.2) is 0 Å². The van der Waals surface area contributed by atoms with Gasteiger partial charge in [0, 0.05) is 6.54 Å². The van der Waals surface area contributed by atoms with Gasteiger partial charge in [0.25, 0.3) is 0 Å². The molecule has 1 aliphatic heterocycles. The van der Waals surface area contributed by atoms with Crippen molar-refractivity contribution in [1.82, 2.24) is 10.2 Å². The van der Waals surface area contributed by atoms with Gasteiger partial charge in [0.05, 0.1) is 12.6 Å². The number of alkyl halides is 3. The van der Waals surface area contributed by atoms with Gasteiger partial charge in [0.2, 0.25) is 0 Å². The van der Waals surface area contributed by atoms with Crippen LogP contribution >= 0.6 is 0 Å². The highest BCUT2D eigenvalue weighted by molar-refractivity contribution is 5.82. The maximum absolute atomic E-state index is 13.8. The van der Waals surface area contributed by atoms with E-state index in [-0.39, 0.29) is 18.7 Å². The van der Waals surface area contributed by atoms with Crippen LogP contribution in [0.1, 0.15) is 6.42 Å². The zero-order chi connectivity index (χ0) is 17.0. The van der Waals surface area contributed by atoms with Gasteiger partial charge in [-0.05, 0) is 18.6 Å². The summed E-state index contributed by atoms with van der Waals surface area (Å²) in [4.78, 5) is 23.2. The van der Waals surface area contributed by atoms with E-state index in [4.69, 9.17) is 5.11 Å². The maximum atomic E-state index is 13.8. The van der Waals surface area contributed by atoms with Crippen molar-refractivity contribution in [3.05, 3.63) is 30.3 Å². The van der Waals surface area contributed by atoms with E-state index in [0.717, 1.165) is 4.90 Å². The maximum Gasteiger partial charge on any atom is 0.482 e. The molecule has 0 bridgehead atoms. The summed E-state index contributed by atoms with van der Waals surface area (Å²) in [5.74, 6) is -1.97. The number of halogens is 3. The summed E-state index contributed by atoms with van der Waals surface area (Å²) >= 11 is 0. The van der Waals surface area contributed by atoms with Gasteiger partial charge in [0.1, 0.15) is 11.9 Å². The zero-order valence-corrected chi connectivity index (χ0v) is 11.9. The van der Waals surface area contributed by atoms with Crippen molar-refractivity contribution in [2.75, 3.05) is 13.1 Å². The predicted molar refractivity (Wildman–Crippen MR) is 73.1 cm³/mol. The van der Waals surface area contributed by atoms with Crippen molar-refractivity contribution in [1.29, 1.82) is 0 Å². The molecule has 1 fully saturated rings. The number of carbonyl (C=O) groups excluding carboxylic acids is 1. The Morgan fingerprint density at radius 1 is 1.30 bits per heavy atom. The van der Waals surface area contributed by atoms with Gasteiger partial charge in [-0.15, -0.1) is 0 Å². The van der Waals surface area contributed by atoms with Crippen LogP contribution in [-0.2, 0) is 4.79 Å². The highest BCUT2D eigenvalue weighted by atomic mass is 19.3. The third-order valence-electron chi connectivity index (χ3n) is 3.38. The van der Waals surface area contributed by atoms with Crippen LogP contribution in [-0.4, -0.2) is 53.4 Å². The van der Waals surface area contributed by atoms with Gasteiger partial charge in [-0.1, -0.05) is 18.2 Å². The fourth-order valence-corrected chi connectivity index (χ4v) is 2.18. The summed E-state index contributed by atoms with van der Waals surface area (Å²) in [5.41, 5.74) is 0. The third kappa shape index (κ3) is 4.27. The largest absolute Gasteiger partial charge is 0.482 e. The van der Waals surface area contributed by atoms with Gasteiger partial charge in [-0.3, -0.25) is 4.79 Å². The van der Waals surface area contributed by atoms with Crippen LogP contribution in [0, 0.1) is 0 Å². The van der Waals surface area contributed by atoms with Crippen molar-refractivity contribution in [2.45, 2.75) is 24.7 Å². The van der Waals surface area contributed by atoms with E-state index in [9.17, 15) is 22.8 Å². The van der Waals surface area contributed by atoms with E-state index in [2.05, 4.69) is 4.74 Å². The number of hydrogen-bond donors (Lipinski definition) is 2. The molecule has 2 atom stereocenters. The molecule has 2 N–H and O–H groups in total. The van der Waals surface area contributed by atoms with Crippen LogP contribution in [0.4, 0.5) is 18.0 Å². The van der Waals surface area contributed by atoms with Gasteiger partial charge in [-0.2, -0.15) is 8.78 Å². The van der Waals surface area contributed by atoms with E-state index < -0.39 is 36.9 Å². The van der Waals surface area contributed by atoms with E-state index in [1.54, 1.807) is 6.07 Å². The lowest BCUT2D eigenvalue weighted by molar-refractivity contribution is -0.194. The second-order valence-electron chi connectivity index (χ2n) is 5.05. The number of amides is 2. The third-order valence-corrected chi connectivity index (χ3v) is 3.38. The molecule has 0 radical (unpaired) electrons. The van der Waals surface area contributed by atoms with Crippen molar-refractivity contribution in [3.8, 4) is 5.75 Å². The molecule has 2 rings (SSSR count). The van der Waals surface area contributed by atoms with Crippen molar-refractivity contribution >= 4 is 12.0 Å². The van der Waals surface area contributed by atoms with E-state index >= 15 is 0 Å². The quantitative estimate of drug-likeness (QED) is 0.882. The molecule has 1 aromatic carbocycles. The Labute approximate surface area is 129 Å². The Kier molecular flexibility index (Phi) is 4.97. The number of rotatable bonds is 4. The summed E-state index contributed by atoms with van der Waals surface area (Å²) in [6.45, 7) is -0.531. The van der Waals surface area contributed by atoms with Crippen LogP contribution < -0.4 is 10.1 Å². The average molecular weight is 332 g/mol. The molecule has 0 aromatic heterocycles. The molecule has 0 unspecified atom stereocenters. The molecule has 0 aliphatic carbocycles. The number of carboxylic acid groups (broad SMARTS) is 1. The first-order chi connectivity index (χ1) is 10.8. The van der Waals surface area contributed by atoms with E-state index in [1.807, 2.05) is 5.32 Å². The minimum Gasteiger partial charge on any atom is -0.465 e. The fraction of sp³-hybridized carbons (Fsp3) is 0.429. The monoisotopic (exact) mass is 332 g/mol. The molecular weight excluding hydrogens is 317 g/mol. The lowest BCUT2D eigenvalue weighted by atomic mass is 10.0. The fourth-order valence-electron chi connectivity index (χ4n) is 2.18. The Hall–Kier alpha value is -2.45. The normalized spacial score (nSPS) is 21.6. The molecular formula is C14H15F3N2O4. The predicted octanol–water partition coefficient (Wildman–Crippen LogP) is 1.86. The van der Waals surface area contributed by atoms with Gasteiger partial charge < -0.3 is 20.1 Å². The number of benzene rings is 1. The molecule has 0 saturated carbocycles. The average Bonchev–Trinajstić information content (AvgIpc) is 2.49. The summed E-state index contributed by atoms with van der Waals surface area (Å²) in [6, 6.07) is 5.83. The molecule has 1 aromatic rings. The van der Waals surface area contributed by atoms with Crippen LogP contribution in [0.15, 0.2) is 30.3 Å². The van der Waals surface area contributed by atoms with Crippen molar-refractivity contribution < 1.29 is 32.6 Å². The first-order valence-corrected chi connectivity index (χ1v) is 6.84. The number of piperidine rings is 1. The first kappa shape index (κ1) is 16.9. The van der Waals surface area contributed by atoms with Crippen LogP contribution in [0.2, 0.25) is 0 Å². The summed E-state index contributed by atoms with van der Waals surface area (Å²) in [7, 11) is 0. The van der Waals surface area contributed by atoms with Gasteiger partial charge >= 0.3 is 18.1 Å². The minimum absolute atomic E-state index is 0.0498. The Balaban J connectivity index is 1.94. The summed E-state index contributed by atoms with van der Waals surface area (Å²) < 4.78 is 45.6. The SMILES string of the molecule is O=C(O)N1CC[C@H](NC(=O)C(F)(F)Oc2ccccc2)[C@@H](F)C1. The van der Waals surface area contributed by atoms with E-state index in [0.29, 0.717) is 0 Å². The Morgan fingerprint density at radius 3 is 2.52 bits per heavy atom. The zero-order valence-electron chi connectivity index (χ0n) is 11.9. The number of nitrogens with zero attached hydrogens (tertiary/aromatic N) is 1. The van der Waals surface area contributed by atoms with Gasteiger partial charge in [-0.25, -0.2) is 9.18 Å². The molecule has 1 saturated heterocycles. The molecule has 2 amide bonds. The van der Waals surface area contributed by atoms with E-state index in [1.165, 1.54) is 24.3 Å². The minimum atomic E-state index is -4.16. The first-order valence-electron chi connectivity index (χ1n) is 6.84.